The number of hydrogen-bond donors (Lipinski definition) is 1. The minimum absolute atomic E-state index is 0.230. The molecule has 2 unspecified atom stereocenters. The number of alkyl halides is 1. The van der Waals surface area contributed by atoms with Gasteiger partial charge < -0.3 is 5.11 Å². The van der Waals surface area contributed by atoms with E-state index < -0.39 is 0 Å². The molecule has 0 amide bonds. The zero-order chi connectivity index (χ0) is 7.98. The Hall–Kier alpha value is -0.110. The number of hydrogen-bond acceptors (Lipinski definition) is 1. The van der Waals surface area contributed by atoms with Gasteiger partial charge in [0.15, 0.2) is 0 Å². The Labute approximate surface area is 62.3 Å². The van der Waals surface area contributed by atoms with Gasteiger partial charge in [-0.3, -0.25) is 4.39 Å². The van der Waals surface area contributed by atoms with Crippen molar-refractivity contribution in [2.75, 3.05) is 6.67 Å². The first-order valence-electron chi connectivity index (χ1n) is 3.92. The predicted molar refractivity (Wildman–Crippen MR) is 40.7 cm³/mol. The first-order chi connectivity index (χ1) is 4.68. The third-order valence-electron chi connectivity index (χ3n) is 1.87. The summed E-state index contributed by atoms with van der Waals surface area (Å²) < 4.78 is 11.6. The second-order valence-electron chi connectivity index (χ2n) is 2.90. The van der Waals surface area contributed by atoms with Gasteiger partial charge in [-0.2, -0.15) is 0 Å². The molecule has 1 nitrogen and oxygen atoms in total. The van der Waals surface area contributed by atoms with Gasteiger partial charge in [0, 0.05) is 0 Å². The van der Waals surface area contributed by atoms with Crippen LogP contribution in [-0.2, 0) is 0 Å². The molecule has 0 saturated heterocycles. The topological polar surface area (TPSA) is 20.2 Å². The monoisotopic (exact) mass is 148 g/mol. The molecule has 2 atom stereocenters. The molecular weight excluding hydrogens is 131 g/mol. The normalized spacial score (nSPS) is 16.8. The van der Waals surface area contributed by atoms with E-state index >= 15 is 0 Å². The van der Waals surface area contributed by atoms with Gasteiger partial charge in [0.2, 0.25) is 0 Å². The van der Waals surface area contributed by atoms with Gasteiger partial charge in [-0.25, -0.2) is 0 Å². The van der Waals surface area contributed by atoms with Gasteiger partial charge in [-0.05, 0) is 25.7 Å². The fraction of sp³-hybridized carbons (Fsp3) is 1.00. The van der Waals surface area contributed by atoms with E-state index in [0.717, 1.165) is 12.8 Å². The third-order valence-corrected chi connectivity index (χ3v) is 1.87. The van der Waals surface area contributed by atoms with Crippen LogP contribution in [0.25, 0.3) is 0 Å². The Morgan fingerprint density at radius 1 is 1.30 bits per heavy atom. The van der Waals surface area contributed by atoms with Crippen molar-refractivity contribution in [3.8, 4) is 0 Å². The molecule has 0 saturated carbocycles. The van der Waals surface area contributed by atoms with E-state index in [4.69, 9.17) is 5.11 Å². The molecule has 0 aromatic carbocycles. The maximum Gasteiger partial charge on any atom is 0.0894 e. The Morgan fingerprint density at radius 3 is 2.30 bits per heavy atom. The molecule has 0 spiro atoms. The zero-order valence-corrected chi connectivity index (χ0v) is 6.81. The molecule has 0 aliphatic carbocycles. The van der Waals surface area contributed by atoms with Crippen molar-refractivity contribution in [1.29, 1.82) is 0 Å². The Balaban J connectivity index is 3.13. The van der Waals surface area contributed by atoms with E-state index in [9.17, 15) is 4.39 Å². The van der Waals surface area contributed by atoms with Crippen LogP contribution >= 0.6 is 0 Å². The van der Waals surface area contributed by atoms with Gasteiger partial charge in [-0.15, -0.1) is 0 Å². The number of halogens is 1. The molecule has 0 heterocycles. The highest BCUT2D eigenvalue weighted by molar-refractivity contribution is 4.58. The Morgan fingerprint density at radius 2 is 1.90 bits per heavy atom. The Kier molecular flexibility index (Phi) is 5.60. The molecule has 62 valence electrons. The smallest absolute Gasteiger partial charge is 0.0894 e. The van der Waals surface area contributed by atoms with Crippen LogP contribution in [0.2, 0.25) is 0 Å². The standard InChI is InChI=1S/C8H17FO/c1-7(8(2)10)5-3-4-6-9/h7-8,10H,3-6H2,1-2H3. The van der Waals surface area contributed by atoms with E-state index in [-0.39, 0.29) is 12.8 Å². The maximum atomic E-state index is 11.6. The SMILES string of the molecule is CC(O)C(C)CCCCF. The van der Waals surface area contributed by atoms with Crippen LogP contribution in [0.3, 0.4) is 0 Å². The van der Waals surface area contributed by atoms with Crippen LogP contribution in [0.1, 0.15) is 33.1 Å². The van der Waals surface area contributed by atoms with E-state index in [1.807, 2.05) is 6.92 Å². The molecule has 0 bridgehead atoms. The van der Waals surface area contributed by atoms with Crippen molar-refractivity contribution >= 4 is 0 Å². The van der Waals surface area contributed by atoms with Crippen molar-refractivity contribution in [1.82, 2.24) is 0 Å². The molecule has 1 N–H and O–H groups in total. The van der Waals surface area contributed by atoms with Crippen LogP contribution < -0.4 is 0 Å². The molecule has 10 heavy (non-hydrogen) atoms. The summed E-state index contributed by atoms with van der Waals surface area (Å²) in [5.74, 6) is 0.312. The summed E-state index contributed by atoms with van der Waals surface area (Å²) in [4.78, 5) is 0. The molecule has 0 aliphatic heterocycles. The Bertz CT molecular complexity index is 73.7. The minimum atomic E-state index is -0.250. The highest BCUT2D eigenvalue weighted by Crippen LogP contribution is 2.11. The highest BCUT2D eigenvalue weighted by atomic mass is 19.1. The lowest BCUT2D eigenvalue weighted by molar-refractivity contribution is 0.128. The summed E-state index contributed by atoms with van der Waals surface area (Å²) in [7, 11) is 0. The van der Waals surface area contributed by atoms with E-state index in [2.05, 4.69) is 0 Å². The quantitative estimate of drug-likeness (QED) is 0.592. The number of aliphatic hydroxyl groups is 1. The number of rotatable bonds is 5. The second kappa shape index (κ2) is 5.66. The van der Waals surface area contributed by atoms with Crippen molar-refractivity contribution in [2.24, 2.45) is 5.92 Å². The summed E-state index contributed by atoms with van der Waals surface area (Å²) in [5, 5.41) is 9.03. The lowest BCUT2D eigenvalue weighted by Crippen LogP contribution is -2.12. The zero-order valence-electron chi connectivity index (χ0n) is 6.81. The molecule has 0 aromatic rings. The summed E-state index contributed by atoms with van der Waals surface area (Å²) in [6.07, 6.45) is 2.21. The molecule has 0 aromatic heterocycles. The predicted octanol–water partition coefficient (Wildman–Crippen LogP) is 2.14. The highest BCUT2D eigenvalue weighted by Gasteiger charge is 2.06. The molecule has 2 heteroatoms. The fourth-order valence-electron chi connectivity index (χ4n) is 0.802. The summed E-state index contributed by atoms with van der Waals surface area (Å²) in [6, 6.07) is 0. The van der Waals surface area contributed by atoms with Crippen molar-refractivity contribution in [2.45, 2.75) is 39.2 Å². The van der Waals surface area contributed by atoms with Gasteiger partial charge in [0.05, 0.1) is 12.8 Å². The molecule has 0 aliphatic rings. The van der Waals surface area contributed by atoms with E-state index in [1.165, 1.54) is 0 Å². The average Bonchev–Trinajstić information content (AvgIpc) is 1.88. The molecule has 0 fully saturated rings. The average molecular weight is 148 g/mol. The summed E-state index contributed by atoms with van der Waals surface area (Å²) in [5.41, 5.74) is 0. The van der Waals surface area contributed by atoms with E-state index in [0.29, 0.717) is 12.3 Å². The number of unbranched alkanes of at least 4 members (excludes halogenated alkanes) is 1. The van der Waals surface area contributed by atoms with Crippen LogP contribution in [-0.4, -0.2) is 17.9 Å². The molecular formula is C8H17FO. The first kappa shape index (κ1) is 9.89. The number of aliphatic hydroxyl groups excluding tert-OH is 1. The lowest BCUT2D eigenvalue weighted by atomic mass is 9.99. The van der Waals surface area contributed by atoms with Crippen molar-refractivity contribution in [3.05, 3.63) is 0 Å². The fourth-order valence-corrected chi connectivity index (χ4v) is 0.802. The molecule has 0 radical (unpaired) electrons. The van der Waals surface area contributed by atoms with Crippen LogP contribution in [0.15, 0.2) is 0 Å². The van der Waals surface area contributed by atoms with Crippen molar-refractivity contribution < 1.29 is 9.50 Å². The minimum Gasteiger partial charge on any atom is -0.393 e. The second-order valence-corrected chi connectivity index (χ2v) is 2.90. The lowest BCUT2D eigenvalue weighted by Gasteiger charge is -2.12. The van der Waals surface area contributed by atoms with Crippen LogP contribution in [0.5, 0.6) is 0 Å². The van der Waals surface area contributed by atoms with Gasteiger partial charge in [0.1, 0.15) is 0 Å². The van der Waals surface area contributed by atoms with Crippen molar-refractivity contribution in [3.63, 3.8) is 0 Å². The first-order valence-corrected chi connectivity index (χ1v) is 3.92. The maximum absolute atomic E-state index is 11.6. The third kappa shape index (κ3) is 4.74. The summed E-state index contributed by atoms with van der Waals surface area (Å²) >= 11 is 0. The van der Waals surface area contributed by atoms with Crippen LogP contribution in [0, 0.1) is 5.92 Å². The van der Waals surface area contributed by atoms with E-state index in [1.54, 1.807) is 6.92 Å². The van der Waals surface area contributed by atoms with Gasteiger partial charge in [-0.1, -0.05) is 13.3 Å². The largest absolute Gasteiger partial charge is 0.393 e. The van der Waals surface area contributed by atoms with Gasteiger partial charge >= 0.3 is 0 Å². The molecule has 0 rings (SSSR count). The van der Waals surface area contributed by atoms with Gasteiger partial charge in [0.25, 0.3) is 0 Å². The summed E-state index contributed by atoms with van der Waals surface area (Å²) in [6.45, 7) is 3.54. The van der Waals surface area contributed by atoms with Crippen LogP contribution in [0.4, 0.5) is 4.39 Å².